The lowest BCUT2D eigenvalue weighted by Gasteiger charge is -2.25. The van der Waals surface area contributed by atoms with E-state index in [1.807, 2.05) is 0 Å². The maximum absolute atomic E-state index is 13.0. The van der Waals surface area contributed by atoms with Crippen LogP contribution in [0.4, 0.5) is 0 Å². The Kier molecular flexibility index (Phi) is 8.43. The van der Waals surface area contributed by atoms with Gasteiger partial charge >= 0.3 is 7.82 Å². The summed E-state index contributed by atoms with van der Waals surface area (Å²) in [5.41, 5.74) is 0. The molecule has 0 aromatic rings. The highest BCUT2D eigenvalue weighted by atomic mass is 31.2. The molecule has 26 heavy (non-hydrogen) atoms. The Hall–Kier alpha value is -0.580. The van der Waals surface area contributed by atoms with E-state index in [1.165, 1.54) is 4.90 Å². The number of ether oxygens (including phenoxy) is 2. The molecule has 10 nitrogen and oxygen atoms in total. The predicted molar refractivity (Wildman–Crippen MR) is 89.5 cm³/mol. The second-order valence-corrected chi connectivity index (χ2v) is 8.03. The second kappa shape index (κ2) is 10.1. The molecule has 2 aliphatic heterocycles. The first-order chi connectivity index (χ1) is 12.3. The van der Waals surface area contributed by atoms with Crippen molar-refractivity contribution in [2.24, 2.45) is 0 Å². The first kappa shape index (κ1) is 21.7. The van der Waals surface area contributed by atoms with Crippen LogP contribution in [-0.2, 0) is 32.4 Å². The minimum absolute atomic E-state index is 0.0108. The average Bonchev–Trinajstić information content (AvgIpc) is 3.21. The largest absolute Gasteiger partial charge is 0.475 e. The van der Waals surface area contributed by atoms with Crippen molar-refractivity contribution in [2.75, 3.05) is 47.1 Å². The molecule has 5 atom stereocenters. The van der Waals surface area contributed by atoms with Crippen LogP contribution < -0.4 is 0 Å². The van der Waals surface area contributed by atoms with Gasteiger partial charge in [-0.05, 0) is 6.42 Å². The molecule has 152 valence electrons. The van der Waals surface area contributed by atoms with E-state index in [2.05, 4.69) is 0 Å². The quantitative estimate of drug-likeness (QED) is 0.487. The van der Waals surface area contributed by atoms with Crippen LogP contribution in [0.2, 0.25) is 0 Å². The molecule has 2 aliphatic rings. The zero-order valence-corrected chi connectivity index (χ0v) is 16.0. The molecule has 2 saturated heterocycles. The second-order valence-electron chi connectivity index (χ2n) is 6.40. The molecule has 0 aliphatic carbocycles. The summed E-state index contributed by atoms with van der Waals surface area (Å²) in [4.78, 5) is 13.0. The zero-order valence-electron chi connectivity index (χ0n) is 15.1. The summed E-state index contributed by atoms with van der Waals surface area (Å²) in [6.45, 7) is 0.145. The highest BCUT2D eigenvalue weighted by Crippen LogP contribution is 2.52. The fraction of sp³-hybridized carbons (Fsp3) is 0.933. The van der Waals surface area contributed by atoms with Crippen LogP contribution in [0.3, 0.4) is 0 Å². The van der Waals surface area contributed by atoms with Crippen molar-refractivity contribution < 1.29 is 42.6 Å². The summed E-state index contributed by atoms with van der Waals surface area (Å²) in [5, 5.41) is 19.1. The van der Waals surface area contributed by atoms with Crippen LogP contribution in [0.5, 0.6) is 0 Å². The highest BCUT2D eigenvalue weighted by molar-refractivity contribution is 7.48. The van der Waals surface area contributed by atoms with Crippen molar-refractivity contribution in [3.8, 4) is 0 Å². The number of nitrogens with zero attached hydrogens (tertiary/aromatic N) is 1. The van der Waals surface area contributed by atoms with Crippen LogP contribution in [-0.4, -0.2) is 92.6 Å². The SMILES string of the molecule is CN(C)C(=O)CCO[P@@](=O)(OC[C@H]1OCC[C@H]1O)O[C@@H]1CCO[C@@H]1CO. The van der Waals surface area contributed by atoms with Gasteiger partial charge in [0.25, 0.3) is 0 Å². The number of hydrogen-bond donors (Lipinski definition) is 2. The summed E-state index contributed by atoms with van der Waals surface area (Å²) in [7, 11) is -0.824. The molecule has 0 bridgehead atoms. The molecule has 2 N–H and O–H groups in total. The lowest BCUT2D eigenvalue weighted by atomic mass is 10.2. The standard InChI is InChI=1S/C15H28NO9P/c1-16(2)15(19)5-8-23-26(20,24-10-14-11(18)3-6-22-14)25-12-4-7-21-13(12)9-17/h11-14,17-18H,3-10H2,1-2H3/t11-,12-,13-,14-,26+/m1/s1. The van der Waals surface area contributed by atoms with Crippen LogP contribution >= 0.6 is 7.82 Å². The first-order valence-corrected chi connectivity index (χ1v) is 10.1. The number of aliphatic hydroxyl groups is 2. The molecular weight excluding hydrogens is 369 g/mol. The van der Waals surface area contributed by atoms with Crippen molar-refractivity contribution in [3.63, 3.8) is 0 Å². The molecule has 2 heterocycles. The van der Waals surface area contributed by atoms with E-state index < -0.39 is 32.2 Å². The van der Waals surface area contributed by atoms with Gasteiger partial charge in [-0.1, -0.05) is 0 Å². The summed E-state index contributed by atoms with van der Waals surface area (Å²) >= 11 is 0. The van der Waals surface area contributed by atoms with Crippen LogP contribution in [0.15, 0.2) is 0 Å². The maximum Gasteiger partial charge on any atom is 0.475 e. The van der Waals surface area contributed by atoms with Crippen molar-refractivity contribution in [2.45, 2.75) is 43.7 Å². The normalized spacial score (nSPS) is 31.1. The maximum atomic E-state index is 13.0. The van der Waals surface area contributed by atoms with E-state index >= 15 is 0 Å². The third kappa shape index (κ3) is 6.24. The van der Waals surface area contributed by atoms with E-state index in [9.17, 15) is 19.6 Å². The zero-order chi connectivity index (χ0) is 19.2. The molecule has 0 aromatic carbocycles. The minimum atomic E-state index is -4.04. The summed E-state index contributed by atoms with van der Waals surface area (Å²) in [6, 6.07) is 0. The topological polar surface area (TPSA) is 124 Å². The van der Waals surface area contributed by atoms with Crippen molar-refractivity contribution >= 4 is 13.7 Å². The highest BCUT2D eigenvalue weighted by Gasteiger charge is 2.39. The van der Waals surface area contributed by atoms with Gasteiger partial charge in [-0.2, -0.15) is 0 Å². The minimum Gasteiger partial charge on any atom is -0.394 e. The first-order valence-electron chi connectivity index (χ1n) is 8.64. The van der Waals surface area contributed by atoms with E-state index in [1.54, 1.807) is 14.1 Å². The number of amides is 1. The van der Waals surface area contributed by atoms with Gasteiger partial charge in [0.2, 0.25) is 5.91 Å². The fourth-order valence-corrected chi connectivity index (χ4v) is 4.03. The van der Waals surface area contributed by atoms with Crippen LogP contribution in [0.1, 0.15) is 19.3 Å². The number of aliphatic hydroxyl groups excluding tert-OH is 2. The number of phosphoric acid groups is 1. The van der Waals surface area contributed by atoms with Crippen molar-refractivity contribution in [1.82, 2.24) is 4.90 Å². The van der Waals surface area contributed by atoms with E-state index in [0.29, 0.717) is 26.1 Å². The van der Waals surface area contributed by atoms with Crippen LogP contribution in [0, 0.1) is 0 Å². The monoisotopic (exact) mass is 397 g/mol. The molecule has 0 unspecified atom stereocenters. The predicted octanol–water partition coefficient (Wildman–Crippen LogP) is -0.0778. The number of carbonyl (C=O) groups is 1. The summed E-state index contributed by atoms with van der Waals surface area (Å²) in [5.74, 6) is -0.191. The van der Waals surface area contributed by atoms with Crippen LogP contribution in [0.25, 0.3) is 0 Å². The number of phosphoric ester groups is 1. The Morgan fingerprint density at radius 3 is 2.50 bits per heavy atom. The van der Waals surface area contributed by atoms with Gasteiger partial charge in [0.1, 0.15) is 18.3 Å². The molecule has 1 amide bonds. The van der Waals surface area contributed by atoms with Gasteiger partial charge in [-0.25, -0.2) is 4.57 Å². The molecule has 0 radical (unpaired) electrons. The third-order valence-corrected chi connectivity index (χ3v) is 5.72. The number of rotatable bonds is 10. The van der Waals surface area contributed by atoms with Crippen molar-refractivity contribution in [1.29, 1.82) is 0 Å². The van der Waals surface area contributed by atoms with Gasteiger partial charge < -0.3 is 24.6 Å². The lowest BCUT2D eigenvalue weighted by molar-refractivity contribution is -0.129. The lowest BCUT2D eigenvalue weighted by Crippen LogP contribution is -2.30. The Morgan fingerprint density at radius 1 is 1.19 bits per heavy atom. The van der Waals surface area contributed by atoms with Gasteiger partial charge in [0.15, 0.2) is 0 Å². The summed E-state index contributed by atoms with van der Waals surface area (Å²) in [6.07, 6.45) is -1.68. The van der Waals surface area contributed by atoms with Gasteiger partial charge in [-0.3, -0.25) is 18.4 Å². The fourth-order valence-electron chi connectivity index (χ4n) is 2.61. The van der Waals surface area contributed by atoms with E-state index in [0.717, 1.165) is 0 Å². The van der Waals surface area contributed by atoms with Gasteiger partial charge in [0, 0.05) is 33.7 Å². The Labute approximate surface area is 152 Å². The van der Waals surface area contributed by atoms with Gasteiger partial charge in [-0.15, -0.1) is 0 Å². The molecule has 0 spiro atoms. The van der Waals surface area contributed by atoms with Gasteiger partial charge in [0.05, 0.1) is 32.3 Å². The summed E-state index contributed by atoms with van der Waals surface area (Å²) < 4.78 is 39.7. The Bertz CT molecular complexity index is 504. The molecule has 11 heteroatoms. The third-order valence-electron chi connectivity index (χ3n) is 4.23. The smallest absolute Gasteiger partial charge is 0.394 e. The van der Waals surface area contributed by atoms with E-state index in [4.69, 9.17) is 23.0 Å². The molecule has 2 fully saturated rings. The van der Waals surface area contributed by atoms with Crippen molar-refractivity contribution in [3.05, 3.63) is 0 Å². The molecule has 2 rings (SSSR count). The molecular formula is C15H28NO9P. The Morgan fingerprint density at radius 2 is 1.88 bits per heavy atom. The van der Waals surface area contributed by atoms with E-state index in [-0.39, 0.29) is 32.1 Å². The number of hydrogen-bond acceptors (Lipinski definition) is 9. The molecule has 0 aromatic heterocycles. The molecule has 0 saturated carbocycles. The number of carbonyl (C=O) groups excluding carboxylic acids is 1. The Balaban J connectivity index is 1.94. The average molecular weight is 397 g/mol.